The number of rotatable bonds is 8. The molecule has 2 aromatic carbocycles. The van der Waals surface area contributed by atoms with Gasteiger partial charge in [0.2, 0.25) is 11.8 Å². The predicted molar refractivity (Wildman–Crippen MR) is 204 cm³/mol. The Morgan fingerprint density at radius 3 is 2.44 bits per heavy atom. The number of imidazole rings is 1. The predicted octanol–water partition coefficient (Wildman–Crippen LogP) is 5.80. The van der Waals surface area contributed by atoms with Gasteiger partial charge in [0.25, 0.3) is 5.91 Å². The summed E-state index contributed by atoms with van der Waals surface area (Å²) in [6, 6.07) is 11.2. The van der Waals surface area contributed by atoms with Crippen molar-refractivity contribution in [2.45, 2.75) is 75.7 Å². The standard InChI is InChI=1S/C40H43F4N9O4/c1-49(25-15-17-51(18-16-25)31-6-4-7-32-36(31)50(2)39(57)53(32)33-13-14-35(54)47-38(33)56)21-23-9-11-26(12-10-23)52-22-24-19-30(27(41)20-29(24)48-52)46-37(55)28-5-3-8-34(45-28)40(42,43)44/h3-8,19-20,22-23,25-26,33H,9-18,21H2,1-2H3,(H,46,55)(H,47,54,56). The second kappa shape index (κ2) is 15.1. The molecule has 0 radical (unpaired) electrons. The molecule has 1 atom stereocenters. The summed E-state index contributed by atoms with van der Waals surface area (Å²) in [5.41, 5.74) is 0.706. The Labute approximate surface area is 324 Å². The third-order valence-corrected chi connectivity index (χ3v) is 11.9. The van der Waals surface area contributed by atoms with Crippen LogP contribution in [0, 0.1) is 11.7 Å². The largest absolute Gasteiger partial charge is 0.433 e. The van der Waals surface area contributed by atoms with Gasteiger partial charge < -0.3 is 15.1 Å². The molecule has 5 aromatic rings. The van der Waals surface area contributed by atoms with E-state index in [0.717, 1.165) is 87.6 Å². The van der Waals surface area contributed by atoms with Gasteiger partial charge in [0.1, 0.15) is 23.2 Å². The zero-order valence-corrected chi connectivity index (χ0v) is 31.6. The first-order valence-corrected chi connectivity index (χ1v) is 19.3. The highest BCUT2D eigenvalue weighted by Crippen LogP contribution is 2.36. The normalized spacial score (nSPS) is 21.1. The van der Waals surface area contributed by atoms with Crippen molar-refractivity contribution in [2.24, 2.45) is 13.0 Å². The first-order valence-electron chi connectivity index (χ1n) is 19.3. The Bertz CT molecular complexity index is 2420. The van der Waals surface area contributed by atoms with Crippen LogP contribution in [0.3, 0.4) is 0 Å². The number of carbonyl (C=O) groups is 3. The van der Waals surface area contributed by atoms with E-state index in [4.69, 9.17) is 0 Å². The highest BCUT2D eigenvalue weighted by atomic mass is 19.4. The Hall–Kier alpha value is -5.58. The highest BCUT2D eigenvalue weighted by Gasteiger charge is 2.35. The molecule has 3 fully saturated rings. The summed E-state index contributed by atoms with van der Waals surface area (Å²) in [4.78, 5) is 58.7. The first kappa shape index (κ1) is 38.3. The zero-order chi connectivity index (χ0) is 40.2. The van der Waals surface area contributed by atoms with Crippen molar-refractivity contribution in [3.05, 3.63) is 82.4 Å². The van der Waals surface area contributed by atoms with E-state index < -0.39 is 41.2 Å². The van der Waals surface area contributed by atoms with Gasteiger partial charge in [-0.1, -0.05) is 12.1 Å². The number of piperidine rings is 2. The molecule has 3 amide bonds. The number of aromatic nitrogens is 5. The van der Waals surface area contributed by atoms with Crippen molar-refractivity contribution in [3.8, 4) is 0 Å². The molecule has 57 heavy (non-hydrogen) atoms. The molecule has 5 heterocycles. The van der Waals surface area contributed by atoms with E-state index in [2.05, 4.69) is 37.6 Å². The number of amides is 3. The molecule has 1 aliphatic carbocycles. The van der Waals surface area contributed by atoms with Crippen LogP contribution >= 0.6 is 0 Å². The lowest BCUT2D eigenvalue weighted by atomic mass is 9.85. The minimum absolute atomic E-state index is 0.126. The van der Waals surface area contributed by atoms with E-state index in [9.17, 15) is 32.3 Å². The number of hydrogen-bond donors (Lipinski definition) is 2. The van der Waals surface area contributed by atoms with E-state index in [1.54, 1.807) is 11.6 Å². The number of hydrogen-bond acceptors (Lipinski definition) is 8. The van der Waals surface area contributed by atoms with E-state index >= 15 is 4.39 Å². The average molecular weight is 790 g/mol. The molecule has 300 valence electrons. The number of pyridine rings is 1. The van der Waals surface area contributed by atoms with Gasteiger partial charge in [0.15, 0.2) is 0 Å². The van der Waals surface area contributed by atoms with Crippen molar-refractivity contribution in [1.82, 2.24) is 34.1 Å². The number of nitrogens with one attached hydrogen (secondary N) is 2. The Morgan fingerprint density at radius 2 is 1.72 bits per heavy atom. The van der Waals surface area contributed by atoms with Gasteiger partial charge in [-0.05, 0) is 88.2 Å². The van der Waals surface area contributed by atoms with E-state index in [1.165, 1.54) is 16.7 Å². The fraction of sp³-hybridized carbons (Fsp3) is 0.450. The number of benzene rings is 2. The molecule has 0 spiro atoms. The van der Waals surface area contributed by atoms with Crippen molar-refractivity contribution >= 4 is 51.0 Å². The molecule has 3 aromatic heterocycles. The smallest absolute Gasteiger partial charge is 0.370 e. The summed E-state index contributed by atoms with van der Waals surface area (Å²) in [5, 5.41) is 9.95. The number of halogens is 4. The number of aryl methyl sites for hydroxylation is 1. The lowest BCUT2D eigenvalue weighted by Gasteiger charge is -2.40. The topological polar surface area (TPSA) is 139 Å². The van der Waals surface area contributed by atoms with Crippen LogP contribution in [0.5, 0.6) is 0 Å². The van der Waals surface area contributed by atoms with Crippen LogP contribution < -0.4 is 21.2 Å². The second-order valence-corrected chi connectivity index (χ2v) is 15.5. The molecule has 8 rings (SSSR count). The van der Waals surface area contributed by atoms with Crippen molar-refractivity contribution < 1.29 is 31.9 Å². The molecule has 1 unspecified atom stereocenters. The van der Waals surface area contributed by atoms with Gasteiger partial charge in [-0.25, -0.2) is 14.2 Å². The van der Waals surface area contributed by atoms with E-state index in [-0.39, 0.29) is 36.2 Å². The quantitative estimate of drug-likeness (QED) is 0.149. The van der Waals surface area contributed by atoms with Crippen LogP contribution in [0.1, 0.15) is 79.6 Å². The Kier molecular flexibility index (Phi) is 10.1. The summed E-state index contributed by atoms with van der Waals surface area (Å²) >= 11 is 0. The summed E-state index contributed by atoms with van der Waals surface area (Å²) in [5.74, 6) is -1.97. The number of imide groups is 1. The lowest BCUT2D eigenvalue weighted by Crippen LogP contribution is -2.45. The number of fused-ring (bicyclic) bond motifs is 2. The molecular weight excluding hydrogens is 746 g/mol. The number of carbonyl (C=O) groups excluding carboxylic acids is 3. The van der Waals surface area contributed by atoms with Gasteiger partial charge in [0, 0.05) is 56.8 Å². The lowest BCUT2D eigenvalue weighted by molar-refractivity contribution is -0.141. The summed E-state index contributed by atoms with van der Waals surface area (Å²) < 4.78 is 59.3. The SMILES string of the molecule is CN(CC1CCC(n2cc3cc(NC(=O)c4cccc(C(F)(F)F)n4)c(F)cc3n2)CC1)C1CCN(c2cccc3c2n(C)c(=O)n3C2CCC(=O)NC2=O)CC1. The molecule has 2 aliphatic heterocycles. The van der Waals surface area contributed by atoms with Crippen LogP contribution in [0.15, 0.2) is 59.5 Å². The molecule has 17 heteroatoms. The van der Waals surface area contributed by atoms with Gasteiger partial charge in [-0.15, -0.1) is 0 Å². The van der Waals surface area contributed by atoms with Gasteiger partial charge in [-0.2, -0.15) is 18.3 Å². The maximum Gasteiger partial charge on any atom is 0.433 e. The number of nitrogens with zero attached hydrogens (tertiary/aromatic N) is 7. The van der Waals surface area contributed by atoms with Crippen molar-refractivity contribution in [2.75, 3.05) is 36.9 Å². The zero-order valence-electron chi connectivity index (χ0n) is 31.6. The monoisotopic (exact) mass is 789 g/mol. The highest BCUT2D eigenvalue weighted by molar-refractivity contribution is 6.04. The third kappa shape index (κ3) is 7.51. The minimum atomic E-state index is -4.72. The van der Waals surface area contributed by atoms with Crippen LogP contribution in [0.4, 0.5) is 28.9 Å². The van der Waals surface area contributed by atoms with Crippen LogP contribution in [0.2, 0.25) is 0 Å². The molecule has 13 nitrogen and oxygen atoms in total. The van der Waals surface area contributed by atoms with Crippen LogP contribution in [0.25, 0.3) is 21.9 Å². The molecular formula is C40H43F4N9O4. The molecule has 3 aliphatic rings. The fourth-order valence-corrected chi connectivity index (χ4v) is 8.85. The van der Waals surface area contributed by atoms with Crippen molar-refractivity contribution in [1.29, 1.82) is 0 Å². The summed E-state index contributed by atoms with van der Waals surface area (Å²) in [6.07, 6.45) is 3.31. The number of alkyl halides is 3. The van der Waals surface area contributed by atoms with E-state index in [0.29, 0.717) is 28.4 Å². The number of para-hydroxylation sites is 1. The molecule has 2 saturated heterocycles. The number of anilines is 2. The van der Waals surface area contributed by atoms with Gasteiger partial charge >= 0.3 is 11.9 Å². The molecule has 1 saturated carbocycles. The van der Waals surface area contributed by atoms with Gasteiger partial charge in [-0.3, -0.25) is 33.5 Å². The average Bonchev–Trinajstić information content (AvgIpc) is 3.72. The van der Waals surface area contributed by atoms with Crippen LogP contribution in [-0.4, -0.2) is 79.2 Å². The second-order valence-electron chi connectivity index (χ2n) is 15.5. The third-order valence-electron chi connectivity index (χ3n) is 11.9. The van der Waals surface area contributed by atoms with Crippen molar-refractivity contribution in [3.63, 3.8) is 0 Å². The first-order chi connectivity index (χ1) is 27.2. The Morgan fingerprint density at radius 1 is 0.982 bits per heavy atom. The van der Waals surface area contributed by atoms with Crippen LogP contribution in [-0.2, 0) is 22.8 Å². The van der Waals surface area contributed by atoms with E-state index in [1.807, 2.05) is 29.1 Å². The molecule has 2 N–H and O–H groups in total. The minimum Gasteiger partial charge on any atom is -0.370 e. The maximum absolute atomic E-state index is 15.0. The maximum atomic E-state index is 15.0. The molecule has 0 bridgehead atoms. The van der Waals surface area contributed by atoms with Gasteiger partial charge in [0.05, 0.1) is 34.0 Å². The fourth-order valence-electron chi connectivity index (χ4n) is 8.85. The summed E-state index contributed by atoms with van der Waals surface area (Å²) in [7, 11) is 3.91. The summed E-state index contributed by atoms with van der Waals surface area (Å²) in [6.45, 7) is 2.60. The Balaban J connectivity index is 0.857.